The quantitative estimate of drug-likeness (QED) is 0.271. The lowest BCUT2D eigenvalue weighted by molar-refractivity contribution is 0.000146. The fourth-order valence-corrected chi connectivity index (χ4v) is 2.93. The van der Waals surface area contributed by atoms with E-state index in [9.17, 15) is 0 Å². The van der Waals surface area contributed by atoms with Crippen LogP contribution in [0.25, 0.3) is 0 Å². The van der Waals surface area contributed by atoms with Crippen molar-refractivity contribution in [3.05, 3.63) is 89.5 Å². The van der Waals surface area contributed by atoms with Gasteiger partial charge in [0.05, 0.1) is 57.4 Å². The van der Waals surface area contributed by atoms with Gasteiger partial charge in [0.25, 0.3) is 0 Å². The third kappa shape index (κ3) is 10.3. The van der Waals surface area contributed by atoms with E-state index in [2.05, 4.69) is 33.6 Å². The van der Waals surface area contributed by atoms with Gasteiger partial charge in [0.2, 0.25) is 0 Å². The summed E-state index contributed by atoms with van der Waals surface area (Å²) in [6.07, 6.45) is 6.86. The lowest BCUT2D eigenvalue weighted by Crippen LogP contribution is -2.14. The number of hydrogen-bond donors (Lipinski definition) is 0. The van der Waals surface area contributed by atoms with E-state index in [1.807, 2.05) is 42.5 Å². The Kier molecular flexibility index (Phi) is 12.6. The van der Waals surface area contributed by atoms with Crippen LogP contribution in [-0.4, -0.2) is 69.9 Å². The first-order valence-corrected chi connectivity index (χ1v) is 11.7. The molecular formula is C29H30N2O5. The molecule has 0 saturated heterocycles. The summed E-state index contributed by atoms with van der Waals surface area (Å²) < 4.78 is 27.5. The molecule has 0 unspecified atom stereocenters. The molecule has 0 bridgehead atoms. The maximum Gasteiger partial charge on any atom is 0.150 e. The monoisotopic (exact) mass is 486 g/mol. The van der Waals surface area contributed by atoms with Crippen molar-refractivity contribution in [2.75, 3.05) is 60.0 Å². The van der Waals surface area contributed by atoms with Crippen molar-refractivity contribution in [3.8, 4) is 29.4 Å². The summed E-state index contributed by atoms with van der Waals surface area (Å²) in [5.41, 5.74) is 3.25. The molecule has 36 heavy (non-hydrogen) atoms. The van der Waals surface area contributed by atoms with Gasteiger partial charge in [0, 0.05) is 43.0 Å². The smallest absolute Gasteiger partial charge is 0.150 e. The first kappa shape index (κ1) is 26.9. The van der Waals surface area contributed by atoms with E-state index < -0.39 is 0 Å². The maximum absolute atomic E-state index is 6.10. The molecule has 0 radical (unpaired) electrons. The fraction of sp³-hybridized carbons (Fsp3) is 0.310. The number of para-hydroxylation sites is 1. The number of aromatic nitrogens is 2. The van der Waals surface area contributed by atoms with Gasteiger partial charge in [-0.1, -0.05) is 29.7 Å². The molecule has 2 aromatic heterocycles. The molecule has 3 rings (SSSR count). The predicted molar refractivity (Wildman–Crippen MR) is 137 cm³/mol. The number of methoxy groups -OCH3 is 1. The van der Waals surface area contributed by atoms with Crippen LogP contribution in [0.5, 0.6) is 5.75 Å². The average Bonchev–Trinajstić information content (AvgIpc) is 2.93. The minimum atomic E-state index is 0.359. The molecule has 0 saturated carbocycles. The number of ether oxygens (including phenoxy) is 5. The summed E-state index contributed by atoms with van der Waals surface area (Å²) >= 11 is 0. The third-order valence-corrected chi connectivity index (χ3v) is 4.71. The van der Waals surface area contributed by atoms with Gasteiger partial charge in [-0.15, -0.1) is 0 Å². The highest BCUT2D eigenvalue weighted by Gasteiger charge is 2.07. The van der Waals surface area contributed by atoms with Crippen LogP contribution in [-0.2, 0) is 18.9 Å². The van der Waals surface area contributed by atoms with Crippen LogP contribution in [0.15, 0.2) is 67.3 Å². The highest BCUT2D eigenvalue weighted by atomic mass is 16.6. The summed E-state index contributed by atoms with van der Waals surface area (Å²) in [4.78, 5) is 8.07. The molecule has 0 spiro atoms. The largest absolute Gasteiger partial charge is 0.489 e. The van der Waals surface area contributed by atoms with Crippen LogP contribution in [0.4, 0.5) is 0 Å². The molecule has 0 N–H and O–H groups in total. The Labute approximate surface area is 212 Å². The molecule has 3 aromatic rings. The van der Waals surface area contributed by atoms with Crippen LogP contribution in [0.1, 0.15) is 22.3 Å². The van der Waals surface area contributed by atoms with Crippen LogP contribution in [0.2, 0.25) is 0 Å². The zero-order valence-corrected chi connectivity index (χ0v) is 20.4. The Morgan fingerprint density at radius 1 is 0.556 bits per heavy atom. The van der Waals surface area contributed by atoms with Crippen molar-refractivity contribution < 1.29 is 23.7 Å². The van der Waals surface area contributed by atoms with Gasteiger partial charge < -0.3 is 23.7 Å². The molecule has 0 atom stereocenters. The van der Waals surface area contributed by atoms with Crippen molar-refractivity contribution in [2.24, 2.45) is 0 Å². The zero-order chi connectivity index (χ0) is 25.1. The molecule has 7 nitrogen and oxygen atoms in total. The molecular weight excluding hydrogens is 456 g/mol. The maximum atomic E-state index is 6.10. The van der Waals surface area contributed by atoms with E-state index in [0.29, 0.717) is 58.6 Å². The average molecular weight is 487 g/mol. The molecule has 1 aromatic carbocycles. The number of hydrogen-bond acceptors (Lipinski definition) is 7. The van der Waals surface area contributed by atoms with E-state index >= 15 is 0 Å². The molecule has 0 aliphatic rings. The van der Waals surface area contributed by atoms with Crippen molar-refractivity contribution in [1.82, 2.24) is 9.97 Å². The van der Waals surface area contributed by atoms with Gasteiger partial charge >= 0.3 is 0 Å². The SMILES string of the molecule is COCCOCCOCCOCCOc1c(C#Cc2ccncc2)cccc1C#Cc1ccncc1. The second-order valence-electron chi connectivity index (χ2n) is 7.33. The van der Waals surface area contributed by atoms with Crippen molar-refractivity contribution in [3.63, 3.8) is 0 Å². The highest BCUT2D eigenvalue weighted by Crippen LogP contribution is 2.23. The van der Waals surface area contributed by atoms with Gasteiger partial charge in [-0.05, 0) is 36.4 Å². The zero-order valence-electron chi connectivity index (χ0n) is 20.4. The minimum Gasteiger partial charge on any atom is -0.489 e. The molecule has 0 amide bonds. The minimum absolute atomic E-state index is 0.359. The highest BCUT2D eigenvalue weighted by molar-refractivity contribution is 5.59. The lowest BCUT2D eigenvalue weighted by atomic mass is 10.1. The molecule has 2 heterocycles. The number of benzene rings is 1. The third-order valence-electron chi connectivity index (χ3n) is 4.71. The van der Waals surface area contributed by atoms with Gasteiger partial charge in [-0.3, -0.25) is 9.97 Å². The second kappa shape index (κ2) is 16.8. The molecule has 0 fully saturated rings. The Morgan fingerprint density at radius 2 is 1.00 bits per heavy atom. The van der Waals surface area contributed by atoms with Crippen molar-refractivity contribution in [1.29, 1.82) is 0 Å². The molecule has 186 valence electrons. The summed E-state index contributed by atoms with van der Waals surface area (Å²) in [5.74, 6) is 13.3. The van der Waals surface area contributed by atoms with Gasteiger partial charge in [-0.25, -0.2) is 0 Å². The van der Waals surface area contributed by atoms with Gasteiger partial charge in [0.1, 0.15) is 6.61 Å². The van der Waals surface area contributed by atoms with E-state index in [1.54, 1.807) is 31.9 Å². The Bertz CT molecular complexity index is 1070. The Balaban J connectivity index is 1.56. The molecule has 0 aliphatic heterocycles. The van der Waals surface area contributed by atoms with Crippen LogP contribution < -0.4 is 4.74 Å². The normalized spacial score (nSPS) is 10.1. The first-order valence-electron chi connectivity index (χ1n) is 11.7. The number of pyridine rings is 2. The number of rotatable bonds is 13. The van der Waals surface area contributed by atoms with E-state index in [4.69, 9.17) is 23.7 Å². The van der Waals surface area contributed by atoms with Crippen LogP contribution >= 0.6 is 0 Å². The fourth-order valence-electron chi connectivity index (χ4n) is 2.93. The topological polar surface area (TPSA) is 71.9 Å². The second-order valence-corrected chi connectivity index (χ2v) is 7.33. The van der Waals surface area contributed by atoms with Crippen LogP contribution in [0, 0.1) is 23.7 Å². The summed E-state index contributed by atoms with van der Waals surface area (Å²) in [5, 5.41) is 0. The van der Waals surface area contributed by atoms with E-state index in [1.165, 1.54) is 0 Å². The summed E-state index contributed by atoms with van der Waals surface area (Å²) in [7, 11) is 1.65. The first-order chi connectivity index (χ1) is 17.9. The van der Waals surface area contributed by atoms with Gasteiger partial charge in [-0.2, -0.15) is 0 Å². The predicted octanol–water partition coefficient (Wildman–Crippen LogP) is 3.35. The van der Waals surface area contributed by atoms with Crippen molar-refractivity contribution in [2.45, 2.75) is 0 Å². The number of nitrogens with zero attached hydrogens (tertiary/aromatic N) is 2. The van der Waals surface area contributed by atoms with E-state index in [0.717, 1.165) is 22.3 Å². The lowest BCUT2D eigenvalue weighted by Gasteiger charge is -2.11. The van der Waals surface area contributed by atoms with E-state index in [-0.39, 0.29) is 0 Å². The van der Waals surface area contributed by atoms with Gasteiger partial charge in [0.15, 0.2) is 5.75 Å². The summed E-state index contributed by atoms with van der Waals surface area (Å²) in [6.45, 7) is 3.94. The standard InChI is InChI=1S/C29H30N2O5/c1-32-17-18-33-19-20-34-21-22-35-23-24-36-29-27(7-5-25-9-13-30-14-10-25)3-2-4-28(29)8-6-26-11-15-31-16-12-26/h2-4,9-16H,17-24H2,1H3. The van der Waals surface area contributed by atoms with Crippen molar-refractivity contribution >= 4 is 0 Å². The molecule has 0 aliphatic carbocycles. The van der Waals surface area contributed by atoms with Crippen LogP contribution in [0.3, 0.4) is 0 Å². The Morgan fingerprint density at radius 3 is 1.47 bits per heavy atom. The summed E-state index contributed by atoms with van der Waals surface area (Å²) in [6, 6.07) is 13.2. The molecule has 7 heteroatoms. The Hall–Kier alpha value is -3.72.